The molecule has 6 nitrogen and oxygen atoms in total. The second kappa shape index (κ2) is 8.62. The molecular formula is C22H19BrN4O2S. The predicted octanol–water partition coefficient (Wildman–Crippen LogP) is 4.19. The third-order valence-corrected chi connectivity index (χ3v) is 6.63. The number of carbonyl (C=O) groups is 1. The molecule has 2 aromatic carbocycles. The SMILES string of the molecule is N#CC1(NC(=O)CSc2nc3ccc(Br)cc3c(=O)n2-c2ccccc2)CCCC1. The lowest BCUT2D eigenvalue weighted by Crippen LogP contribution is -2.45. The van der Waals surface area contributed by atoms with Crippen LogP contribution in [0.2, 0.25) is 0 Å². The van der Waals surface area contributed by atoms with Crippen molar-refractivity contribution in [1.29, 1.82) is 5.26 Å². The fourth-order valence-corrected chi connectivity index (χ4v) is 4.89. The van der Waals surface area contributed by atoms with Crippen LogP contribution in [0.25, 0.3) is 16.6 Å². The van der Waals surface area contributed by atoms with Gasteiger partial charge in [-0.1, -0.05) is 45.9 Å². The molecule has 0 spiro atoms. The molecule has 1 saturated carbocycles. The molecule has 0 unspecified atom stereocenters. The van der Waals surface area contributed by atoms with Crippen LogP contribution in [0.1, 0.15) is 25.7 Å². The number of rotatable bonds is 5. The van der Waals surface area contributed by atoms with Crippen molar-refractivity contribution in [1.82, 2.24) is 14.9 Å². The molecule has 1 aliphatic rings. The highest BCUT2D eigenvalue weighted by molar-refractivity contribution is 9.10. The molecule has 3 aromatic rings. The molecule has 1 aromatic heterocycles. The Bertz CT molecular complexity index is 1200. The number of nitrogens with zero attached hydrogens (tertiary/aromatic N) is 3. The molecule has 0 radical (unpaired) electrons. The van der Waals surface area contributed by atoms with Crippen molar-refractivity contribution in [3.05, 3.63) is 63.4 Å². The van der Waals surface area contributed by atoms with Crippen molar-refractivity contribution in [2.75, 3.05) is 5.75 Å². The maximum absolute atomic E-state index is 13.3. The summed E-state index contributed by atoms with van der Waals surface area (Å²) in [5, 5.41) is 13.3. The standard InChI is InChI=1S/C22H19BrN4O2S/c23-15-8-9-18-17(12-15)20(29)27(16-6-2-1-3-7-16)21(25-18)30-13-19(28)26-22(14-24)10-4-5-11-22/h1-3,6-9,12H,4-5,10-11,13H2,(H,26,28). The molecular weight excluding hydrogens is 464 g/mol. The summed E-state index contributed by atoms with van der Waals surface area (Å²) < 4.78 is 2.33. The fourth-order valence-electron chi connectivity index (χ4n) is 3.72. The van der Waals surface area contributed by atoms with E-state index in [0.717, 1.165) is 17.3 Å². The Morgan fingerprint density at radius 2 is 1.97 bits per heavy atom. The smallest absolute Gasteiger partial charge is 0.266 e. The Hall–Kier alpha value is -2.63. The molecule has 0 bridgehead atoms. The zero-order chi connectivity index (χ0) is 21.1. The number of halogens is 1. The topological polar surface area (TPSA) is 87.8 Å². The van der Waals surface area contributed by atoms with Crippen LogP contribution in [0.15, 0.2) is 63.0 Å². The van der Waals surface area contributed by atoms with Gasteiger partial charge in [0.1, 0.15) is 5.54 Å². The summed E-state index contributed by atoms with van der Waals surface area (Å²) in [6.45, 7) is 0. The lowest BCUT2D eigenvalue weighted by molar-refractivity contribution is -0.119. The minimum atomic E-state index is -0.764. The Labute approximate surface area is 186 Å². The predicted molar refractivity (Wildman–Crippen MR) is 121 cm³/mol. The largest absolute Gasteiger partial charge is 0.337 e. The summed E-state index contributed by atoms with van der Waals surface area (Å²) in [5.41, 5.74) is 0.297. The minimum absolute atomic E-state index is 0.0741. The molecule has 30 heavy (non-hydrogen) atoms. The van der Waals surface area contributed by atoms with E-state index in [2.05, 4.69) is 32.3 Å². The van der Waals surface area contributed by atoms with E-state index in [9.17, 15) is 14.9 Å². The van der Waals surface area contributed by atoms with E-state index in [-0.39, 0.29) is 17.2 Å². The lowest BCUT2D eigenvalue weighted by Gasteiger charge is -2.22. The van der Waals surface area contributed by atoms with Crippen molar-refractivity contribution < 1.29 is 4.79 Å². The quantitative estimate of drug-likeness (QED) is 0.434. The van der Waals surface area contributed by atoms with E-state index in [1.165, 1.54) is 16.3 Å². The van der Waals surface area contributed by atoms with Crippen molar-refractivity contribution in [2.24, 2.45) is 0 Å². The van der Waals surface area contributed by atoms with E-state index >= 15 is 0 Å². The third-order valence-electron chi connectivity index (χ3n) is 5.20. The Balaban J connectivity index is 1.68. The summed E-state index contributed by atoms with van der Waals surface area (Å²) in [4.78, 5) is 30.5. The van der Waals surface area contributed by atoms with Crippen LogP contribution in [-0.2, 0) is 4.79 Å². The zero-order valence-corrected chi connectivity index (χ0v) is 18.5. The highest BCUT2D eigenvalue weighted by Crippen LogP contribution is 2.29. The number of para-hydroxylation sites is 1. The van der Waals surface area contributed by atoms with Crippen LogP contribution in [0.5, 0.6) is 0 Å². The zero-order valence-electron chi connectivity index (χ0n) is 16.1. The van der Waals surface area contributed by atoms with Gasteiger partial charge < -0.3 is 5.32 Å². The van der Waals surface area contributed by atoms with Crippen LogP contribution in [-0.4, -0.2) is 26.8 Å². The average Bonchev–Trinajstić information content (AvgIpc) is 3.22. The number of amides is 1. The van der Waals surface area contributed by atoms with Gasteiger partial charge in [0.2, 0.25) is 5.91 Å². The Morgan fingerprint density at radius 1 is 1.23 bits per heavy atom. The Morgan fingerprint density at radius 3 is 2.67 bits per heavy atom. The summed E-state index contributed by atoms with van der Waals surface area (Å²) in [6, 6.07) is 16.9. The van der Waals surface area contributed by atoms with Crippen LogP contribution >= 0.6 is 27.7 Å². The second-order valence-electron chi connectivity index (χ2n) is 7.27. The number of benzene rings is 2. The first-order valence-corrected chi connectivity index (χ1v) is 11.4. The van der Waals surface area contributed by atoms with E-state index in [0.29, 0.717) is 34.6 Å². The molecule has 1 heterocycles. The first-order chi connectivity index (χ1) is 14.5. The lowest BCUT2D eigenvalue weighted by atomic mass is 10.0. The number of fused-ring (bicyclic) bond motifs is 1. The average molecular weight is 483 g/mol. The molecule has 0 aliphatic heterocycles. The number of hydrogen-bond acceptors (Lipinski definition) is 5. The summed E-state index contributed by atoms with van der Waals surface area (Å²) >= 11 is 4.60. The van der Waals surface area contributed by atoms with E-state index in [1.807, 2.05) is 36.4 Å². The molecule has 1 aliphatic carbocycles. The number of nitriles is 1. The van der Waals surface area contributed by atoms with Gasteiger partial charge in [0.25, 0.3) is 5.56 Å². The molecule has 4 rings (SSSR count). The fraction of sp³-hybridized carbons (Fsp3) is 0.273. The number of carbonyl (C=O) groups excluding carboxylic acids is 1. The number of hydrogen-bond donors (Lipinski definition) is 1. The van der Waals surface area contributed by atoms with Gasteiger partial charge in [0.05, 0.1) is 28.4 Å². The minimum Gasteiger partial charge on any atom is -0.337 e. The molecule has 0 saturated heterocycles. The molecule has 152 valence electrons. The van der Waals surface area contributed by atoms with Gasteiger partial charge in [-0.05, 0) is 56.0 Å². The van der Waals surface area contributed by atoms with Crippen molar-refractivity contribution in [3.8, 4) is 11.8 Å². The van der Waals surface area contributed by atoms with Gasteiger partial charge in [0.15, 0.2) is 5.16 Å². The number of thioether (sulfide) groups is 1. The van der Waals surface area contributed by atoms with Crippen LogP contribution in [0.3, 0.4) is 0 Å². The van der Waals surface area contributed by atoms with Gasteiger partial charge in [-0.15, -0.1) is 0 Å². The summed E-state index contributed by atoms with van der Waals surface area (Å²) in [5.74, 6) is -0.154. The van der Waals surface area contributed by atoms with Crippen LogP contribution < -0.4 is 10.9 Å². The number of aromatic nitrogens is 2. The van der Waals surface area contributed by atoms with E-state index in [1.54, 1.807) is 12.1 Å². The normalized spacial score (nSPS) is 15.1. The monoisotopic (exact) mass is 482 g/mol. The van der Waals surface area contributed by atoms with Crippen molar-refractivity contribution in [2.45, 2.75) is 36.4 Å². The molecule has 1 fully saturated rings. The molecule has 8 heteroatoms. The van der Waals surface area contributed by atoms with Gasteiger partial charge in [0, 0.05) is 4.47 Å². The van der Waals surface area contributed by atoms with Crippen molar-refractivity contribution in [3.63, 3.8) is 0 Å². The van der Waals surface area contributed by atoms with Gasteiger partial charge in [-0.2, -0.15) is 5.26 Å². The molecule has 1 amide bonds. The van der Waals surface area contributed by atoms with Crippen LogP contribution in [0, 0.1) is 11.3 Å². The first kappa shape index (κ1) is 20.6. The number of nitrogens with one attached hydrogen (secondary N) is 1. The van der Waals surface area contributed by atoms with Crippen molar-refractivity contribution >= 4 is 44.5 Å². The maximum Gasteiger partial charge on any atom is 0.266 e. The highest BCUT2D eigenvalue weighted by atomic mass is 79.9. The van der Waals surface area contributed by atoms with Crippen LogP contribution in [0.4, 0.5) is 0 Å². The second-order valence-corrected chi connectivity index (χ2v) is 9.13. The third kappa shape index (κ3) is 4.13. The maximum atomic E-state index is 13.3. The van der Waals surface area contributed by atoms with E-state index < -0.39 is 5.54 Å². The first-order valence-electron chi connectivity index (χ1n) is 9.64. The summed E-state index contributed by atoms with van der Waals surface area (Å²) in [6.07, 6.45) is 3.24. The van der Waals surface area contributed by atoms with Gasteiger partial charge in [-0.3, -0.25) is 14.2 Å². The Kier molecular flexibility index (Phi) is 5.93. The molecule has 0 atom stereocenters. The van der Waals surface area contributed by atoms with E-state index in [4.69, 9.17) is 0 Å². The van der Waals surface area contributed by atoms with Gasteiger partial charge in [-0.25, -0.2) is 4.98 Å². The highest BCUT2D eigenvalue weighted by Gasteiger charge is 2.35. The van der Waals surface area contributed by atoms with Gasteiger partial charge >= 0.3 is 0 Å². The molecule has 1 N–H and O–H groups in total. The summed E-state index contributed by atoms with van der Waals surface area (Å²) in [7, 11) is 0.